The van der Waals surface area contributed by atoms with Crippen molar-refractivity contribution >= 4 is 11.9 Å². The van der Waals surface area contributed by atoms with Gasteiger partial charge in [0.2, 0.25) is 0 Å². The van der Waals surface area contributed by atoms with Crippen LogP contribution in [0.25, 0.3) is 0 Å². The lowest BCUT2D eigenvalue weighted by Crippen LogP contribution is -2.31. The molecule has 0 aliphatic heterocycles. The van der Waals surface area contributed by atoms with Gasteiger partial charge in [-0.2, -0.15) is 13.2 Å². The number of alkyl halides is 3. The predicted octanol–water partition coefficient (Wildman–Crippen LogP) is 2.16. The third-order valence-electron chi connectivity index (χ3n) is 2.46. The summed E-state index contributed by atoms with van der Waals surface area (Å²) in [5.41, 5.74) is -0.798. The van der Waals surface area contributed by atoms with Crippen molar-refractivity contribution < 1.29 is 27.9 Å². The number of hydrogen-bond acceptors (Lipinski definition) is 2. The van der Waals surface area contributed by atoms with Crippen LogP contribution >= 0.6 is 0 Å². The van der Waals surface area contributed by atoms with Crippen LogP contribution in [0.2, 0.25) is 0 Å². The molecule has 1 atom stereocenters. The van der Waals surface area contributed by atoms with Crippen molar-refractivity contribution in [3.8, 4) is 0 Å². The van der Waals surface area contributed by atoms with Gasteiger partial charge in [-0.1, -0.05) is 6.92 Å². The second-order valence-electron chi connectivity index (χ2n) is 4.02. The van der Waals surface area contributed by atoms with Crippen molar-refractivity contribution in [1.82, 2.24) is 5.32 Å². The first-order valence-corrected chi connectivity index (χ1v) is 5.40. The van der Waals surface area contributed by atoms with Crippen molar-refractivity contribution in [3.05, 3.63) is 35.4 Å². The average Bonchev–Trinajstić information content (AvgIpc) is 2.34. The molecule has 1 aromatic rings. The van der Waals surface area contributed by atoms with E-state index in [2.05, 4.69) is 5.32 Å². The molecule has 0 unspecified atom stereocenters. The summed E-state index contributed by atoms with van der Waals surface area (Å²) in [6.07, 6.45) is -4.45. The SMILES string of the molecule is C[C@@H](CNC(=O)c1ccc(C(F)(F)F)cc1)C(=O)O. The summed E-state index contributed by atoms with van der Waals surface area (Å²) in [4.78, 5) is 22.1. The topological polar surface area (TPSA) is 66.4 Å². The second kappa shape index (κ2) is 5.73. The molecule has 0 fully saturated rings. The van der Waals surface area contributed by atoms with Gasteiger partial charge in [0.1, 0.15) is 0 Å². The predicted molar refractivity (Wildman–Crippen MR) is 60.6 cm³/mol. The van der Waals surface area contributed by atoms with Crippen molar-refractivity contribution in [2.24, 2.45) is 5.92 Å². The fourth-order valence-corrected chi connectivity index (χ4v) is 1.25. The van der Waals surface area contributed by atoms with Crippen LogP contribution in [0.15, 0.2) is 24.3 Å². The number of nitrogens with one attached hydrogen (secondary N) is 1. The highest BCUT2D eigenvalue weighted by Gasteiger charge is 2.30. The number of carbonyl (C=O) groups is 2. The van der Waals surface area contributed by atoms with Gasteiger partial charge in [0.05, 0.1) is 11.5 Å². The van der Waals surface area contributed by atoms with Crippen molar-refractivity contribution in [2.75, 3.05) is 6.54 Å². The van der Waals surface area contributed by atoms with Crippen LogP contribution in [0.5, 0.6) is 0 Å². The first-order chi connectivity index (χ1) is 8.71. The number of amides is 1. The molecule has 2 N–H and O–H groups in total. The summed E-state index contributed by atoms with van der Waals surface area (Å²) in [7, 11) is 0. The maximum absolute atomic E-state index is 12.3. The van der Waals surface area contributed by atoms with Crippen LogP contribution in [-0.4, -0.2) is 23.5 Å². The van der Waals surface area contributed by atoms with Gasteiger partial charge in [-0.05, 0) is 24.3 Å². The molecule has 0 aliphatic carbocycles. The molecular weight excluding hydrogens is 263 g/mol. The standard InChI is InChI=1S/C12H12F3NO3/c1-7(11(18)19)6-16-10(17)8-2-4-9(5-3-8)12(13,14)15/h2-5,7H,6H2,1H3,(H,16,17)(H,18,19)/t7-/m0/s1. The first-order valence-electron chi connectivity index (χ1n) is 5.40. The Hall–Kier alpha value is -2.05. The summed E-state index contributed by atoms with van der Waals surface area (Å²) >= 11 is 0. The Kier molecular flexibility index (Phi) is 4.52. The summed E-state index contributed by atoms with van der Waals surface area (Å²) in [6.45, 7) is 1.32. The Balaban J connectivity index is 2.66. The van der Waals surface area contributed by atoms with E-state index in [4.69, 9.17) is 5.11 Å². The third-order valence-corrected chi connectivity index (χ3v) is 2.46. The monoisotopic (exact) mass is 275 g/mol. The summed E-state index contributed by atoms with van der Waals surface area (Å²) < 4.78 is 36.9. The molecule has 0 saturated heterocycles. The number of carboxylic acid groups (broad SMARTS) is 1. The van der Waals surface area contributed by atoms with E-state index in [0.29, 0.717) is 0 Å². The molecule has 0 saturated carbocycles. The Labute approximate surface area is 107 Å². The summed E-state index contributed by atoms with van der Waals surface area (Å²) in [5, 5.41) is 11.0. The number of hydrogen-bond donors (Lipinski definition) is 2. The Morgan fingerprint density at radius 3 is 2.21 bits per heavy atom. The number of aliphatic carboxylic acids is 1. The fraction of sp³-hybridized carbons (Fsp3) is 0.333. The minimum absolute atomic E-state index is 0.0468. The third kappa shape index (κ3) is 4.27. The minimum Gasteiger partial charge on any atom is -0.481 e. The van der Waals surface area contributed by atoms with Gasteiger partial charge in [-0.3, -0.25) is 9.59 Å². The maximum atomic E-state index is 12.3. The average molecular weight is 275 g/mol. The zero-order chi connectivity index (χ0) is 14.6. The molecule has 0 heterocycles. The normalized spacial score (nSPS) is 12.8. The van der Waals surface area contributed by atoms with Gasteiger partial charge in [0.25, 0.3) is 5.91 Å². The van der Waals surface area contributed by atoms with Gasteiger partial charge >= 0.3 is 12.1 Å². The van der Waals surface area contributed by atoms with E-state index >= 15 is 0 Å². The quantitative estimate of drug-likeness (QED) is 0.884. The van der Waals surface area contributed by atoms with Crippen molar-refractivity contribution in [2.45, 2.75) is 13.1 Å². The van der Waals surface area contributed by atoms with Crippen molar-refractivity contribution in [3.63, 3.8) is 0 Å². The van der Waals surface area contributed by atoms with E-state index in [-0.39, 0.29) is 12.1 Å². The van der Waals surface area contributed by atoms with Gasteiger partial charge < -0.3 is 10.4 Å². The number of rotatable bonds is 4. The zero-order valence-electron chi connectivity index (χ0n) is 9.99. The minimum atomic E-state index is -4.45. The number of halogens is 3. The molecule has 0 aliphatic rings. The smallest absolute Gasteiger partial charge is 0.416 e. The van der Waals surface area contributed by atoms with Crippen LogP contribution in [0.1, 0.15) is 22.8 Å². The highest BCUT2D eigenvalue weighted by molar-refractivity contribution is 5.94. The maximum Gasteiger partial charge on any atom is 0.416 e. The van der Waals surface area contributed by atoms with Crippen molar-refractivity contribution in [1.29, 1.82) is 0 Å². The lowest BCUT2D eigenvalue weighted by Gasteiger charge is -2.10. The zero-order valence-corrected chi connectivity index (χ0v) is 9.99. The van der Waals surface area contributed by atoms with Crippen LogP contribution in [0.4, 0.5) is 13.2 Å². The number of carboxylic acids is 1. The number of benzene rings is 1. The molecule has 104 valence electrons. The van der Waals surface area contributed by atoms with E-state index in [1.807, 2.05) is 0 Å². The van der Waals surface area contributed by atoms with E-state index in [1.165, 1.54) is 6.92 Å². The molecule has 1 aromatic carbocycles. The lowest BCUT2D eigenvalue weighted by atomic mass is 10.1. The van der Waals surface area contributed by atoms with E-state index in [1.54, 1.807) is 0 Å². The molecule has 0 spiro atoms. The molecule has 4 nitrogen and oxygen atoms in total. The molecule has 1 amide bonds. The molecule has 1 rings (SSSR count). The molecule has 0 radical (unpaired) electrons. The molecule has 0 aromatic heterocycles. The number of carbonyl (C=O) groups excluding carboxylic acids is 1. The van der Waals surface area contributed by atoms with Gasteiger partial charge in [0, 0.05) is 12.1 Å². The Morgan fingerprint density at radius 2 is 1.79 bits per heavy atom. The van der Waals surface area contributed by atoms with Crippen LogP contribution in [0.3, 0.4) is 0 Å². The molecule has 19 heavy (non-hydrogen) atoms. The first kappa shape index (κ1) is 15.0. The molecule has 0 bridgehead atoms. The van der Waals surface area contributed by atoms with E-state index in [9.17, 15) is 22.8 Å². The van der Waals surface area contributed by atoms with Crippen LogP contribution in [0, 0.1) is 5.92 Å². The van der Waals surface area contributed by atoms with Gasteiger partial charge in [-0.25, -0.2) is 0 Å². The van der Waals surface area contributed by atoms with E-state index in [0.717, 1.165) is 24.3 Å². The van der Waals surface area contributed by atoms with Gasteiger partial charge in [0.15, 0.2) is 0 Å². The van der Waals surface area contributed by atoms with E-state index < -0.39 is 29.5 Å². The highest BCUT2D eigenvalue weighted by Crippen LogP contribution is 2.28. The summed E-state index contributed by atoms with van der Waals surface area (Å²) in [6, 6.07) is 3.69. The lowest BCUT2D eigenvalue weighted by molar-refractivity contribution is -0.141. The summed E-state index contributed by atoms with van der Waals surface area (Å²) in [5.74, 6) is -2.44. The highest BCUT2D eigenvalue weighted by atomic mass is 19.4. The van der Waals surface area contributed by atoms with Crippen LogP contribution in [-0.2, 0) is 11.0 Å². The molecular formula is C12H12F3NO3. The molecule has 7 heteroatoms. The van der Waals surface area contributed by atoms with Crippen LogP contribution < -0.4 is 5.32 Å². The Bertz CT molecular complexity index is 468. The second-order valence-corrected chi connectivity index (χ2v) is 4.02. The largest absolute Gasteiger partial charge is 0.481 e. The Morgan fingerprint density at radius 1 is 1.26 bits per heavy atom. The van der Waals surface area contributed by atoms with Gasteiger partial charge in [-0.15, -0.1) is 0 Å². The fourth-order valence-electron chi connectivity index (χ4n) is 1.25.